The van der Waals surface area contributed by atoms with Gasteiger partial charge in [-0.15, -0.1) is 0 Å². The van der Waals surface area contributed by atoms with E-state index in [0.717, 1.165) is 29.4 Å². The predicted molar refractivity (Wildman–Crippen MR) is 77.9 cm³/mol. The average Bonchev–Trinajstić information content (AvgIpc) is 2.41. The van der Waals surface area contributed by atoms with E-state index in [1.54, 1.807) is 0 Å². The van der Waals surface area contributed by atoms with Crippen LogP contribution in [0, 0.1) is 0 Å². The van der Waals surface area contributed by atoms with Crippen LogP contribution in [0.5, 0.6) is 0 Å². The molecule has 0 atom stereocenters. The van der Waals surface area contributed by atoms with Gasteiger partial charge in [0.15, 0.2) is 0 Å². The van der Waals surface area contributed by atoms with E-state index >= 15 is 0 Å². The number of azo groups is 1. The molecule has 2 aromatic carbocycles. The highest BCUT2D eigenvalue weighted by Crippen LogP contribution is 2.33. The smallest absolute Gasteiger partial charge is 0.112 e. The van der Waals surface area contributed by atoms with Crippen LogP contribution in [-0.2, 0) is 0 Å². The fourth-order valence-corrected chi connectivity index (χ4v) is 2.09. The molecule has 0 unspecified atom stereocenters. The maximum Gasteiger partial charge on any atom is 0.112 e. The van der Waals surface area contributed by atoms with E-state index in [9.17, 15) is 0 Å². The molecule has 0 saturated heterocycles. The molecule has 2 nitrogen and oxygen atoms in total. The standard InChI is InChI=1S/C15H17ClN2/c1-2-3-6-11-17-18-15-13-8-5-4-7-12(13)9-10-14(15)16/h4-5,7-10H,2-3,6,11H2,1H3. The SMILES string of the molecule is CCCCCN=Nc1c(Cl)ccc2ccccc12. The maximum absolute atomic E-state index is 6.19. The van der Waals surface area contributed by atoms with Gasteiger partial charge in [-0.05, 0) is 17.9 Å². The van der Waals surface area contributed by atoms with Gasteiger partial charge < -0.3 is 0 Å². The van der Waals surface area contributed by atoms with Crippen molar-refractivity contribution in [1.29, 1.82) is 0 Å². The van der Waals surface area contributed by atoms with Gasteiger partial charge in [-0.2, -0.15) is 10.2 Å². The Morgan fingerprint density at radius 2 is 1.89 bits per heavy atom. The van der Waals surface area contributed by atoms with Crippen LogP contribution in [0.25, 0.3) is 10.8 Å². The van der Waals surface area contributed by atoms with Crippen LogP contribution in [-0.4, -0.2) is 6.54 Å². The van der Waals surface area contributed by atoms with Gasteiger partial charge in [0.1, 0.15) is 5.69 Å². The monoisotopic (exact) mass is 260 g/mol. The molecule has 0 aliphatic rings. The minimum absolute atomic E-state index is 0.660. The van der Waals surface area contributed by atoms with E-state index in [4.69, 9.17) is 11.6 Å². The molecule has 2 aromatic rings. The summed E-state index contributed by atoms with van der Waals surface area (Å²) >= 11 is 6.19. The number of benzene rings is 2. The summed E-state index contributed by atoms with van der Waals surface area (Å²) in [7, 11) is 0. The Labute approximate surface area is 113 Å². The zero-order chi connectivity index (χ0) is 12.8. The van der Waals surface area contributed by atoms with Crippen molar-refractivity contribution in [2.24, 2.45) is 10.2 Å². The zero-order valence-electron chi connectivity index (χ0n) is 10.6. The maximum atomic E-state index is 6.19. The summed E-state index contributed by atoms with van der Waals surface area (Å²) in [5.74, 6) is 0. The quantitative estimate of drug-likeness (QED) is 0.482. The van der Waals surface area contributed by atoms with Crippen LogP contribution >= 0.6 is 11.6 Å². The minimum atomic E-state index is 0.660. The first kappa shape index (κ1) is 13.0. The molecular weight excluding hydrogens is 244 g/mol. The van der Waals surface area contributed by atoms with Crippen molar-refractivity contribution < 1.29 is 0 Å². The van der Waals surface area contributed by atoms with Crippen molar-refractivity contribution >= 4 is 28.1 Å². The Kier molecular flexibility index (Phi) is 4.71. The first-order chi connectivity index (χ1) is 8.83. The molecule has 0 heterocycles. The van der Waals surface area contributed by atoms with Crippen molar-refractivity contribution in [3.05, 3.63) is 41.4 Å². The molecular formula is C15H17ClN2. The summed E-state index contributed by atoms with van der Waals surface area (Å²) in [6.07, 6.45) is 3.48. The molecule has 0 N–H and O–H groups in total. The highest BCUT2D eigenvalue weighted by molar-refractivity contribution is 6.34. The lowest BCUT2D eigenvalue weighted by atomic mass is 10.1. The van der Waals surface area contributed by atoms with E-state index in [2.05, 4.69) is 23.2 Å². The summed E-state index contributed by atoms with van der Waals surface area (Å²) in [6.45, 7) is 2.95. The number of hydrogen-bond donors (Lipinski definition) is 0. The third-order valence-electron chi connectivity index (χ3n) is 2.88. The lowest BCUT2D eigenvalue weighted by molar-refractivity contribution is 0.713. The van der Waals surface area contributed by atoms with E-state index < -0.39 is 0 Å². The predicted octanol–water partition coefficient (Wildman–Crippen LogP) is 5.77. The molecule has 0 spiro atoms. The van der Waals surface area contributed by atoms with Crippen molar-refractivity contribution in [3.8, 4) is 0 Å². The Bertz CT molecular complexity index is 549. The number of hydrogen-bond acceptors (Lipinski definition) is 2. The van der Waals surface area contributed by atoms with E-state index in [1.165, 1.54) is 12.8 Å². The van der Waals surface area contributed by atoms with Gasteiger partial charge >= 0.3 is 0 Å². The fraction of sp³-hybridized carbons (Fsp3) is 0.333. The lowest BCUT2D eigenvalue weighted by Gasteiger charge is -2.03. The average molecular weight is 261 g/mol. The summed E-state index contributed by atoms with van der Waals surface area (Å²) < 4.78 is 0. The van der Waals surface area contributed by atoms with E-state index in [1.807, 2.05) is 30.3 Å². The second-order valence-electron chi connectivity index (χ2n) is 4.29. The molecule has 0 saturated carbocycles. The number of rotatable bonds is 5. The second kappa shape index (κ2) is 6.50. The first-order valence-electron chi connectivity index (χ1n) is 6.37. The summed E-state index contributed by atoms with van der Waals surface area (Å²) in [6, 6.07) is 12.0. The second-order valence-corrected chi connectivity index (χ2v) is 4.70. The number of halogens is 1. The van der Waals surface area contributed by atoms with Crippen LogP contribution in [0.3, 0.4) is 0 Å². The Balaban J connectivity index is 2.23. The summed E-state index contributed by atoms with van der Waals surface area (Å²) in [5, 5.41) is 11.4. The fourth-order valence-electron chi connectivity index (χ4n) is 1.88. The third kappa shape index (κ3) is 3.08. The van der Waals surface area contributed by atoms with Gasteiger partial charge in [0.05, 0.1) is 11.6 Å². The van der Waals surface area contributed by atoms with Gasteiger partial charge in [0.25, 0.3) is 0 Å². The van der Waals surface area contributed by atoms with Crippen molar-refractivity contribution in [1.82, 2.24) is 0 Å². The van der Waals surface area contributed by atoms with Crippen LogP contribution in [0.1, 0.15) is 26.2 Å². The lowest BCUT2D eigenvalue weighted by Crippen LogP contribution is -1.79. The van der Waals surface area contributed by atoms with Crippen LogP contribution in [0.15, 0.2) is 46.6 Å². The number of fused-ring (bicyclic) bond motifs is 1. The highest BCUT2D eigenvalue weighted by Gasteiger charge is 2.04. The Hall–Kier alpha value is -1.41. The van der Waals surface area contributed by atoms with E-state index in [0.29, 0.717) is 5.02 Å². The van der Waals surface area contributed by atoms with Crippen LogP contribution in [0.4, 0.5) is 5.69 Å². The molecule has 0 aliphatic heterocycles. The zero-order valence-corrected chi connectivity index (χ0v) is 11.3. The Morgan fingerprint density at radius 1 is 1.06 bits per heavy atom. The van der Waals surface area contributed by atoms with Gasteiger partial charge in [-0.3, -0.25) is 0 Å². The van der Waals surface area contributed by atoms with Gasteiger partial charge in [-0.1, -0.05) is 61.7 Å². The molecule has 0 aromatic heterocycles. The van der Waals surface area contributed by atoms with Crippen molar-refractivity contribution in [2.75, 3.05) is 6.54 Å². The summed E-state index contributed by atoms with van der Waals surface area (Å²) in [5.41, 5.74) is 0.784. The third-order valence-corrected chi connectivity index (χ3v) is 3.19. The molecule has 94 valence electrons. The summed E-state index contributed by atoms with van der Waals surface area (Å²) in [4.78, 5) is 0. The molecule has 0 fully saturated rings. The first-order valence-corrected chi connectivity index (χ1v) is 6.75. The van der Waals surface area contributed by atoms with E-state index in [-0.39, 0.29) is 0 Å². The largest absolute Gasteiger partial charge is 0.189 e. The topological polar surface area (TPSA) is 24.7 Å². The minimum Gasteiger partial charge on any atom is -0.189 e. The molecule has 0 amide bonds. The highest BCUT2D eigenvalue weighted by atomic mass is 35.5. The number of nitrogens with zero attached hydrogens (tertiary/aromatic N) is 2. The molecule has 0 aliphatic carbocycles. The Morgan fingerprint density at radius 3 is 2.72 bits per heavy atom. The normalized spacial score (nSPS) is 11.4. The molecule has 3 heteroatoms. The molecule has 2 rings (SSSR count). The molecule has 0 radical (unpaired) electrons. The van der Waals surface area contributed by atoms with Crippen LogP contribution in [0.2, 0.25) is 5.02 Å². The van der Waals surface area contributed by atoms with Gasteiger partial charge in [0, 0.05) is 5.39 Å². The number of unbranched alkanes of at least 4 members (excludes halogenated alkanes) is 2. The van der Waals surface area contributed by atoms with Crippen molar-refractivity contribution in [2.45, 2.75) is 26.2 Å². The van der Waals surface area contributed by atoms with Crippen molar-refractivity contribution in [3.63, 3.8) is 0 Å². The van der Waals surface area contributed by atoms with Crippen LogP contribution < -0.4 is 0 Å². The molecule has 0 bridgehead atoms. The van der Waals surface area contributed by atoms with Gasteiger partial charge in [-0.25, -0.2) is 0 Å². The van der Waals surface area contributed by atoms with Gasteiger partial charge in [0.2, 0.25) is 0 Å². The molecule has 18 heavy (non-hydrogen) atoms.